The van der Waals surface area contributed by atoms with Gasteiger partial charge in [-0.25, -0.2) is 0 Å². The maximum absolute atomic E-state index is 12.4. The van der Waals surface area contributed by atoms with E-state index in [0.29, 0.717) is 18.2 Å². The standard InChI is InChI=1S/C26H34N2O2/c1-20(28-17-2-3-18-28)23-8-6-21(7-9-23)14-16-27-26(29)24-10-12-25(13-11-24)30-19-15-22-4-5-22/h6-13,20,22H,2-5,14-19H2,1H3,(H,27,29). The number of likely N-dealkylation sites (tertiary alicyclic amines) is 1. The van der Waals surface area contributed by atoms with Gasteiger partial charge in [0.25, 0.3) is 5.91 Å². The summed E-state index contributed by atoms with van der Waals surface area (Å²) in [5, 5.41) is 3.03. The topological polar surface area (TPSA) is 41.6 Å². The number of hydrogen-bond acceptors (Lipinski definition) is 3. The van der Waals surface area contributed by atoms with Gasteiger partial charge in [-0.15, -0.1) is 0 Å². The van der Waals surface area contributed by atoms with Gasteiger partial charge in [-0.2, -0.15) is 0 Å². The summed E-state index contributed by atoms with van der Waals surface area (Å²) in [5.41, 5.74) is 3.32. The maximum Gasteiger partial charge on any atom is 0.251 e. The summed E-state index contributed by atoms with van der Waals surface area (Å²) in [5.74, 6) is 1.69. The highest BCUT2D eigenvalue weighted by molar-refractivity contribution is 5.94. The number of rotatable bonds is 10. The number of carbonyl (C=O) groups is 1. The summed E-state index contributed by atoms with van der Waals surface area (Å²) in [4.78, 5) is 14.9. The van der Waals surface area contributed by atoms with Crippen molar-refractivity contribution in [2.24, 2.45) is 5.92 Å². The molecule has 1 saturated carbocycles. The third-order valence-electron chi connectivity index (χ3n) is 6.46. The fraction of sp³-hybridized carbons (Fsp3) is 0.500. The highest BCUT2D eigenvalue weighted by atomic mass is 16.5. The average Bonchev–Trinajstić information content (AvgIpc) is 3.44. The van der Waals surface area contributed by atoms with E-state index in [0.717, 1.165) is 31.1 Å². The van der Waals surface area contributed by atoms with Gasteiger partial charge in [0.2, 0.25) is 0 Å². The lowest BCUT2D eigenvalue weighted by Gasteiger charge is -2.24. The van der Waals surface area contributed by atoms with Crippen LogP contribution in [0.2, 0.25) is 0 Å². The number of amides is 1. The summed E-state index contributed by atoms with van der Waals surface area (Å²) < 4.78 is 5.75. The Morgan fingerprint density at radius 2 is 1.77 bits per heavy atom. The maximum atomic E-state index is 12.4. The van der Waals surface area contributed by atoms with Crippen LogP contribution in [0.15, 0.2) is 48.5 Å². The number of nitrogens with one attached hydrogen (secondary N) is 1. The minimum absolute atomic E-state index is 0.0289. The molecule has 2 aromatic carbocycles. The van der Waals surface area contributed by atoms with E-state index in [4.69, 9.17) is 4.74 Å². The van der Waals surface area contributed by atoms with Crippen LogP contribution < -0.4 is 10.1 Å². The predicted molar refractivity (Wildman–Crippen MR) is 121 cm³/mol. The zero-order valence-electron chi connectivity index (χ0n) is 18.1. The highest BCUT2D eigenvalue weighted by Crippen LogP contribution is 2.32. The van der Waals surface area contributed by atoms with Crippen molar-refractivity contribution in [3.05, 3.63) is 65.2 Å². The Morgan fingerprint density at radius 1 is 1.07 bits per heavy atom. The summed E-state index contributed by atoms with van der Waals surface area (Å²) in [6.07, 6.45) is 7.32. The van der Waals surface area contributed by atoms with Gasteiger partial charge in [0.1, 0.15) is 5.75 Å². The van der Waals surface area contributed by atoms with Crippen molar-refractivity contribution >= 4 is 5.91 Å². The molecule has 2 aliphatic rings. The van der Waals surface area contributed by atoms with Crippen LogP contribution in [0, 0.1) is 5.92 Å². The van der Waals surface area contributed by atoms with E-state index < -0.39 is 0 Å². The lowest BCUT2D eigenvalue weighted by atomic mass is 10.0. The molecule has 1 unspecified atom stereocenters. The van der Waals surface area contributed by atoms with Crippen molar-refractivity contribution in [2.45, 2.75) is 51.5 Å². The molecule has 1 N–H and O–H groups in total. The molecule has 0 radical (unpaired) electrons. The second kappa shape index (κ2) is 10.1. The van der Waals surface area contributed by atoms with E-state index in [1.54, 1.807) is 0 Å². The lowest BCUT2D eigenvalue weighted by molar-refractivity contribution is 0.0954. The number of hydrogen-bond donors (Lipinski definition) is 1. The van der Waals surface area contributed by atoms with Crippen molar-refractivity contribution in [3.8, 4) is 5.75 Å². The van der Waals surface area contributed by atoms with E-state index in [9.17, 15) is 4.79 Å². The monoisotopic (exact) mass is 406 g/mol. The van der Waals surface area contributed by atoms with Gasteiger partial charge in [-0.05, 0) is 87.0 Å². The first-order chi connectivity index (χ1) is 14.7. The summed E-state index contributed by atoms with van der Waals surface area (Å²) in [6, 6.07) is 16.8. The first kappa shape index (κ1) is 20.9. The van der Waals surface area contributed by atoms with E-state index in [-0.39, 0.29) is 5.91 Å². The van der Waals surface area contributed by atoms with Crippen molar-refractivity contribution in [1.29, 1.82) is 0 Å². The number of carbonyl (C=O) groups excluding carboxylic acids is 1. The van der Waals surface area contributed by atoms with Crippen LogP contribution in [0.1, 0.15) is 66.6 Å². The summed E-state index contributed by atoms with van der Waals surface area (Å²) in [6.45, 7) is 6.13. The van der Waals surface area contributed by atoms with Crippen LogP contribution in [0.4, 0.5) is 0 Å². The Hall–Kier alpha value is -2.33. The Bertz CT molecular complexity index is 806. The van der Waals surface area contributed by atoms with Gasteiger partial charge in [0, 0.05) is 18.2 Å². The van der Waals surface area contributed by atoms with Crippen molar-refractivity contribution < 1.29 is 9.53 Å². The van der Waals surface area contributed by atoms with Gasteiger partial charge in [-0.1, -0.05) is 37.1 Å². The number of benzene rings is 2. The first-order valence-electron chi connectivity index (χ1n) is 11.5. The largest absolute Gasteiger partial charge is 0.494 e. The Morgan fingerprint density at radius 3 is 2.43 bits per heavy atom. The molecule has 1 atom stereocenters. The van der Waals surface area contributed by atoms with Gasteiger partial charge in [0.15, 0.2) is 0 Å². The van der Waals surface area contributed by atoms with Crippen molar-refractivity contribution in [3.63, 3.8) is 0 Å². The van der Waals surface area contributed by atoms with E-state index >= 15 is 0 Å². The molecule has 1 amide bonds. The third kappa shape index (κ3) is 5.85. The molecule has 2 fully saturated rings. The summed E-state index contributed by atoms with van der Waals surface area (Å²) >= 11 is 0. The molecule has 30 heavy (non-hydrogen) atoms. The number of nitrogens with zero attached hydrogens (tertiary/aromatic N) is 1. The molecule has 4 nitrogen and oxygen atoms in total. The van der Waals surface area contributed by atoms with E-state index in [1.165, 1.54) is 49.9 Å². The normalized spacial score (nSPS) is 17.6. The Balaban J connectivity index is 1.19. The second-order valence-electron chi connectivity index (χ2n) is 8.77. The molecule has 0 aromatic heterocycles. The van der Waals surface area contributed by atoms with Crippen molar-refractivity contribution in [2.75, 3.05) is 26.2 Å². The zero-order chi connectivity index (χ0) is 20.8. The predicted octanol–water partition coefficient (Wildman–Crippen LogP) is 4.99. The second-order valence-corrected chi connectivity index (χ2v) is 8.77. The van der Waals surface area contributed by atoms with Gasteiger partial charge < -0.3 is 10.1 Å². The molecule has 2 aromatic rings. The molecule has 4 heteroatoms. The third-order valence-corrected chi connectivity index (χ3v) is 6.46. The first-order valence-corrected chi connectivity index (χ1v) is 11.5. The van der Waals surface area contributed by atoms with E-state index in [2.05, 4.69) is 41.4 Å². The molecule has 1 aliphatic heterocycles. The van der Waals surface area contributed by atoms with Crippen LogP contribution >= 0.6 is 0 Å². The molecule has 1 saturated heterocycles. The fourth-order valence-electron chi connectivity index (χ4n) is 4.18. The zero-order valence-corrected chi connectivity index (χ0v) is 18.1. The van der Waals surface area contributed by atoms with Crippen LogP contribution in [-0.2, 0) is 6.42 Å². The Kier molecular flexibility index (Phi) is 7.06. The fourth-order valence-corrected chi connectivity index (χ4v) is 4.18. The SMILES string of the molecule is CC(c1ccc(CCNC(=O)c2ccc(OCCC3CC3)cc2)cc1)N1CCCC1. The molecular formula is C26H34N2O2. The lowest BCUT2D eigenvalue weighted by Crippen LogP contribution is -2.25. The van der Waals surface area contributed by atoms with Gasteiger partial charge in [-0.3, -0.25) is 9.69 Å². The minimum Gasteiger partial charge on any atom is -0.494 e. The van der Waals surface area contributed by atoms with E-state index in [1.807, 2.05) is 24.3 Å². The molecular weight excluding hydrogens is 372 g/mol. The van der Waals surface area contributed by atoms with Gasteiger partial charge >= 0.3 is 0 Å². The highest BCUT2D eigenvalue weighted by Gasteiger charge is 2.21. The van der Waals surface area contributed by atoms with Crippen LogP contribution in [0.5, 0.6) is 5.75 Å². The van der Waals surface area contributed by atoms with Crippen LogP contribution in [0.3, 0.4) is 0 Å². The quantitative estimate of drug-likeness (QED) is 0.604. The van der Waals surface area contributed by atoms with Crippen LogP contribution in [0.25, 0.3) is 0 Å². The van der Waals surface area contributed by atoms with Crippen LogP contribution in [-0.4, -0.2) is 37.0 Å². The average molecular weight is 407 g/mol. The molecule has 0 bridgehead atoms. The smallest absolute Gasteiger partial charge is 0.251 e. The molecule has 4 rings (SSSR count). The van der Waals surface area contributed by atoms with Crippen molar-refractivity contribution in [1.82, 2.24) is 10.2 Å². The molecule has 0 spiro atoms. The molecule has 1 heterocycles. The number of ether oxygens (including phenoxy) is 1. The molecule has 1 aliphatic carbocycles. The van der Waals surface area contributed by atoms with Gasteiger partial charge in [0.05, 0.1) is 6.61 Å². The minimum atomic E-state index is -0.0289. The molecule has 160 valence electrons. The summed E-state index contributed by atoms with van der Waals surface area (Å²) in [7, 11) is 0. The Labute approximate surface area is 180 Å².